The maximum Gasteiger partial charge on any atom is 0.322 e. The highest BCUT2D eigenvalue weighted by Gasteiger charge is 2.03. The first-order chi connectivity index (χ1) is 9.71. The summed E-state index contributed by atoms with van der Waals surface area (Å²) >= 11 is 0. The molecule has 0 bridgehead atoms. The van der Waals surface area contributed by atoms with Crippen molar-refractivity contribution in [2.75, 3.05) is 31.8 Å². The summed E-state index contributed by atoms with van der Waals surface area (Å²) in [6, 6.07) is 8.09. The van der Waals surface area contributed by atoms with E-state index in [0.717, 1.165) is 12.2 Å². The van der Waals surface area contributed by atoms with E-state index in [4.69, 9.17) is 15.2 Å². The molecule has 20 heavy (non-hydrogen) atoms. The molecule has 0 amide bonds. The number of anilines is 2. The van der Waals surface area contributed by atoms with Crippen LogP contribution < -0.4 is 20.5 Å². The van der Waals surface area contributed by atoms with Crippen LogP contribution in [0.15, 0.2) is 24.3 Å². The molecule has 0 atom stereocenters. The van der Waals surface area contributed by atoms with Crippen molar-refractivity contribution in [3.05, 3.63) is 29.8 Å². The number of hydrogen-bond donors (Lipinski definition) is 2. The van der Waals surface area contributed by atoms with E-state index in [-0.39, 0.29) is 12.0 Å². The van der Waals surface area contributed by atoms with Crippen LogP contribution in [0, 0.1) is 0 Å². The molecular weight excluding hydrogens is 258 g/mol. The van der Waals surface area contributed by atoms with Gasteiger partial charge in [-0.25, -0.2) is 0 Å². The van der Waals surface area contributed by atoms with Crippen molar-refractivity contribution < 1.29 is 9.47 Å². The Kier molecular flexibility index (Phi) is 4.54. The highest BCUT2D eigenvalue weighted by atomic mass is 16.5. The molecule has 0 aliphatic rings. The van der Waals surface area contributed by atoms with Gasteiger partial charge in [0.25, 0.3) is 0 Å². The van der Waals surface area contributed by atoms with E-state index in [1.54, 1.807) is 7.11 Å². The number of benzene rings is 1. The summed E-state index contributed by atoms with van der Waals surface area (Å²) in [6.45, 7) is 0.680. The zero-order valence-electron chi connectivity index (χ0n) is 11.5. The highest BCUT2D eigenvalue weighted by molar-refractivity contribution is 5.33. The molecule has 106 valence electrons. The minimum Gasteiger partial charge on any atom is -0.497 e. The summed E-state index contributed by atoms with van der Waals surface area (Å²) < 4.78 is 10.0. The van der Waals surface area contributed by atoms with E-state index in [1.165, 1.54) is 12.7 Å². The van der Waals surface area contributed by atoms with Crippen LogP contribution in [0.25, 0.3) is 0 Å². The number of nitrogens with two attached hydrogens (primary N) is 1. The molecule has 2 rings (SSSR count). The van der Waals surface area contributed by atoms with Gasteiger partial charge in [-0.1, -0.05) is 12.1 Å². The normalized spacial score (nSPS) is 10.1. The van der Waals surface area contributed by atoms with Gasteiger partial charge in [-0.15, -0.1) is 0 Å². The first-order valence-corrected chi connectivity index (χ1v) is 6.13. The molecule has 0 aliphatic heterocycles. The molecule has 0 fully saturated rings. The molecule has 1 aromatic heterocycles. The number of methoxy groups -OCH3 is 2. The average molecular weight is 275 g/mol. The molecule has 0 unspecified atom stereocenters. The lowest BCUT2D eigenvalue weighted by molar-refractivity contribution is 0.379. The number of nitrogen functional groups attached to an aromatic ring is 1. The van der Waals surface area contributed by atoms with Crippen LogP contribution in [0.2, 0.25) is 0 Å². The SMILES string of the molecule is COc1ccc(CCNc2nc(N)nc(OC)n2)cc1. The Morgan fingerprint density at radius 1 is 1.05 bits per heavy atom. The summed E-state index contributed by atoms with van der Waals surface area (Å²) in [6.07, 6.45) is 0.831. The highest BCUT2D eigenvalue weighted by Crippen LogP contribution is 2.12. The van der Waals surface area contributed by atoms with Gasteiger partial charge in [0.05, 0.1) is 14.2 Å². The third kappa shape index (κ3) is 3.71. The molecule has 2 aromatic rings. The zero-order chi connectivity index (χ0) is 14.4. The topological polar surface area (TPSA) is 95.2 Å². The van der Waals surface area contributed by atoms with Crippen molar-refractivity contribution in [2.24, 2.45) is 0 Å². The standard InChI is InChI=1S/C13H17N5O2/c1-19-10-5-3-9(4-6-10)7-8-15-12-16-11(14)17-13(18-12)20-2/h3-6H,7-8H2,1-2H3,(H3,14,15,16,17,18). The second kappa shape index (κ2) is 6.55. The summed E-state index contributed by atoms with van der Waals surface area (Å²) in [5.74, 6) is 1.38. The van der Waals surface area contributed by atoms with Gasteiger partial charge in [-0.3, -0.25) is 0 Å². The number of hydrogen-bond acceptors (Lipinski definition) is 7. The van der Waals surface area contributed by atoms with E-state index in [1.807, 2.05) is 24.3 Å². The van der Waals surface area contributed by atoms with Crippen LogP contribution in [0.4, 0.5) is 11.9 Å². The van der Waals surface area contributed by atoms with E-state index < -0.39 is 0 Å². The Morgan fingerprint density at radius 3 is 2.45 bits per heavy atom. The average Bonchev–Trinajstić information content (AvgIpc) is 2.47. The van der Waals surface area contributed by atoms with Gasteiger partial charge in [-0.2, -0.15) is 15.0 Å². The molecule has 0 saturated heterocycles. The zero-order valence-corrected chi connectivity index (χ0v) is 11.5. The van der Waals surface area contributed by atoms with Gasteiger partial charge in [-0.05, 0) is 24.1 Å². The second-order valence-corrected chi connectivity index (χ2v) is 4.03. The maximum atomic E-state index is 5.55. The maximum absolute atomic E-state index is 5.55. The predicted molar refractivity (Wildman–Crippen MR) is 76.0 cm³/mol. The molecule has 0 spiro atoms. The van der Waals surface area contributed by atoms with Crippen LogP contribution in [0.3, 0.4) is 0 Å². The fraction of sp³-hybridized carbons (Fsp3) is 0.308. The third-order valence-electron chi connectivity index (χ3n) is 2.67. The Balaban J connectivity index is 1.90. The van der Waals surface area contributed by atoms with E-state index in [2.05, 4.69) is 20.3 Å². The van der Waals surface area contributed by atoms with Crippen molar-refractivity contribution in [1.82, 2.24) is 15.0 Å². The minimum absolute atomic E-state index is 0.129. The van der Waals surface area contributed by atoms with E-state index >= 15 is 0 Å². The molecule has 0 radical (unpaired) electrons. The van der Waals surface area contributed by atoms with Gasteiger partial charge >= 0.3 is 6.01 Å². The Hall–Kier alpha value is -2.57. The first-order valence-electron chi connectivity index (χ1n) is 6.13. The molecule has 1 aromatic carbocycles. The van der Waals surface area contributed by atoms with Crippen LogP contribution in [0.1, 0.15) is 5.56 Å². The summed E-state index contributed by atoms with van der Waals surface area (Å²) in [5, 5.41) is 3.08. The Bertz CT molecular complexity index is 559. The molecular formula is C13H17N5O2. The Morgan fingerprint density at radius 2 is 1.80 bits per heavy atom. The Labute approximate surface area is 117 Å². The predicted octanol–water partition coefficient (Wildman–Crippen LogP) is 1.13. The number of nitrogens with zero attached hydrogens (tertiary/aromatic N) is 3. The lowest BCUT2D eigenvalue weighted by Gasteiger charge is -2.07. The quantitative estimate of drug-likeness (QED) is 0.815. The second-order valence-electron chi connectivity index (χ2n) is 4.03. The lowest BCUT2D eigenvalue weighted by Crippen LogP contribution is -2.10. The van der Waals surface area contributed by atoms with Crippen molar-refractivity contribution in [2.45, 2.75) is 6.42 Å². The summed E-state index contributed by atoms with van der Waals surface area (Å²) in [5.41, 5.74) is 6.74. The van der Waals surface area contributed by atoms with Crippen LogP contribution >= 0.6 is 0 Å². The number of ether oxygens (including phenoxy) is 2. The monoisotopic (exact) mass is 275 g/mol. The molecule has 1 heterocycles. The largest absolute Gasteiger partial charge is 0.497 e. The molecule has 0 aliphatic carbocycles. The van der Waals surface area contributed by atoms with Crippen LogP contribution in [-0.4, -0.2) is 35.7 Å². The summed E-state index contributed by atoms with van der Waals surface area (Å²) in [7, 11) is 3.13. The summed E-state index contributed by atoms with van der Waals surface area (Å²) in [4.78, 5) is 11.9. The van der Waals surface area contributed by atoms with Gasteiger partial charge in [0, 0.05) is 6.54 Å². The van der Waals surface area contributed by atoms with Crippen LogP contribution in [0.5, 0.6) is 11.8 Å². The van der Waals surface area contributed by atoms with Crippen molar-refractivity contribution in [1.29, 1.82) is 0 Å². The van der Waals surface area contributed by atoms with Crippen LogP contribution in [-0.2, 0) is 6.42 Å². The molecule has 3 N–H and O–H groups in total. The van der Waals surface area contributed by atoms with E-state index in [0.29, 0.717) is 12.5 Å². The van der Waals surface area contributed by atoms with Gasteiger partial charge in [0.15, 0.2) is 0 Å². The van der Waals surface area contributed by atoms with Crippen molar-refractivity contribution >= 4 is 11.9 Å². The van der Waals surface area contributed by atoms with Crippen molar-refractivity contribution in [3.63, 3.8) is 0 Å². The van der Waals surface area contributed by atoms with Gasteiger partial charge < -0.3 is 20.5 Å². The molecule has 7 heteroatoms. The lowest BCUT2D eigenvalue weighted by atomic mass is 10.1. The third-order valence-corrected chi connectivity index (χ3v) is 2.67. The van der Waals surface area contributed by atoms with E-state index in [9.17, 15) is 0 Å². The molecule has 7 nitrogen and oxygen atoms in total. The smallest absolute Gasteiger partial charge is 0.322 e. The van der Waals surface area contributed by atoms with Crippen molar-refractivity contribution in [3.8, 4) is 11.8 Å². The fourth-order valence-corrected chi connectivity index (χ4v) is 1.65. The number of aromatic nitrogens is 3. The fourth-order valence-electron chi connectivity index (χ4n) is 1.65. The number of nitrogens with one attached hydrogen (secondary N) is 1. The minimum atomic E-state index is 0.129. The first kappa shape index (κ1) is 13.9. The van der Waals surface area contributed by atoms with Gasteiger partial charge in [0.2, 0.25) is 11.9 Å². The van der Waals surface area contributed by atoms with Gasteiger partial charge in [0.1, 0.15) is 5.75 Å². The molecule has 0 saturated carbocycles. The number of rotatable bonds is 6.